The molecule has 110 valence electrons. The highest BCUT2D eigenvalue weighted by atomic mass is 32.3. The number of halogens is 1. The van der Waals surface area contributed by atoms with Crippen molar-refractivity contribution in [3.05, 3.63) is 29.6 Å². The molecule has 0 amide bonds. The third-order valence-electron chi connectivity index (χ3n) is 2.48. The second-order valence-electron chi connectivity index (χ2n) is 5.03. The molecule has 0 atom stereocenters. The summed E-state index contributed by atoms with van der Waals surface area (Å²) >= 11 is 0. The molecule has 0 radical (unpaired) electrons. The van der Waals surface area contributed by atoms with Crippen LogP contribution in [0.3, 0.4) is 0 Å². The molecule has 0 saturated carbocycles. The lowest BCUT2D eigenvalue weighted by Crippen LogP contribution is -2.14. The third kappa shape index (κ3) is 5.22. The Morgan fingerprint density at radius 1 is 1.20 bits per heavy atom. The molecule has 0 aliphatic heterocycles. The van der Waals surface area contributed by atoms with Gasteiger partial charge in [0.05, 0.1) is 5.56 Å². The van der Waals surface area contributed by atoms with Crippen molar-refractivity contribution in [2.24, 2.45) is 10.3 Å². The van der Waals surface area contributed by atoms with Crippen molar-refractivity contribution in [1.29, 1.82) is 0 Å². The summed E-state index contributed by atoms with van der Waals surface area (Å²) in [5.41, 5.74) is 0.805. The fraction of sp³-hybridized carbons (Fsp3) is 0.467. The van der Waals surface area contributed by atoms with E-state index in [1.165, 1.54) is 6.07 Å². The van der Waals surface area contributed by atoms with Gasteiger partial charge in [-0.2, -0.15) is 10.0 Å². The first-order valence-corrected chi connectivity index (χ1v) is 9.39. The van der Waals surface area contributed by atoms with Gasteiger partial charge < -0.3 is 0 Å². The SMILES string of the molecule is CCN(CC)N=Nc1cccc(F)c1C#CS(C)(C)C. The van der Waals surface area contributed by atoms with Crippen molar-refractivity contribution in [1.82, 2.24) is 5.01 Å². The van der Waals surface area contributed by atoms with E-state index in [2.05, 4.69) is 40.3 Å². The highest BCUT2D eigenvalue weighted by Crippen LogP contribution is 2.33. The average molecular weight is 295 g/mol. The fourth-order valence-corrected chi connectivity index (χ4v) is 1.79. The van der Waals surface area contributed by atoms with Crippen LogP contribution in [0.1, 0.15) is 19.4 Å². The summed E-state index contributed by atoms with van der Waals surface area (Å²) in [4.78, 5) is 0. The summed E-state index contributed by atoms with van der Waals surface area (Å²) < 4.78 is 13.9. The Hall–Kier alpha value is -1.54. The highest BCUT2D eigenvalue weighted by molar-refractivity contribution is 8.35. The Morgan fingerprint density at radius 2 is 1.85 bits per heavy atom. The first-order valence-electron chi connectivity index (χ1n) is 6.53. The van der Waals surface area contributed by atoms with E-state index in [4.69, 9.17) is 0 Å². The van der Waals surface area contributed by atoms with Gasteiger partial charge in [-0.05, 0) is 50.0 Å². The lowest BCUT2D eigenvalue weighted by molar-refractivity contribution is 0.300. The van der Waals surface area contributed by atoms with Crippen molar-refractivity contribution in [2.75, 3.05) is 31.9 Å². The van der Waals surface area contributed by atoms with Crippen LogP contribution in [-0.2, 0) is 0 Å². The van der Waals surface area contributed by atoms with Crippen LogP contribution in [0.15, 0.2) is 28.5 Å². The predicted molar refractivity (Wildman–Crippen MR) is 86.1 cm³/mol. The zero-order chi connectivity index (χ0) is 15.2. The second-order valence-corrected chi connectivity index (χ2v) is 8.90. The molecule has 0 N–H and O–H groups in total. The van der Waals surface area contributed by atoms with Crippen molar-refractivity contribution >= 4 is 15.7 Å². The van der Waals surface area contributed by atoms with Crippen molar-refractivity contribution in [3.8, 4) is 11.2 Å². The molecule has 1 aromatic rings. The molecule has 0 aromatic heterocycles. The molecule has 0 unspecified atom stereocenters. The zero-order valence-corrected chi connectivity index (χ0v) is 13.6. The minimum Gasteiger partial charge on any atom is -0.279 e. The Balaban J connectivity index is 3.14. The third-order valence-corrected chi connectivity index (χ3v) is 3.20. The van der Waals surface area contributed by atoms with Crippen LogP contribution in [0.4, 0.5) is 10.1 Å². The fourth-order valence-electron chi connectivity index (χ4n) is 1.39. The molecule has 1 rings (SSSR count). The summed E-state index contributed by atoms with van der Waals surface area (Å²) in [7, 11) is -1.01. The van der Waals surface area contributed by atoms with E-state index in [9.17, 15) is 4.39 Å². The molecule has 0 bridgehead atoms. The molecule has 1 aromatic carbocycles. The van der Waals surface area contributed by atoms with Gasteiger partial charge >= 0.3 is 0 Å². The predicted octanol–water partition coefficient (Wildman–Crippen LogP) is 4.17. The van der Waals surface area contributed by atoms with E-state index in [-0.39, 0.29) is 5.82 Å². The Kier molecular flexibility index (Phi) is 6.03. The Bertz CT molecular complexity index is 534. The molecule has 0 fully saturated rings. The Labute approximate surface area is 122 Å². The van der Waals surface area contributed by atoms with Gasteiger partial charge in [0.25, 0.3) is 0 Å². The highest BCUT2D eigenvalue weighted by Gasteiger charge is 2.07. The zero-order valence-electron chi connectivity index (χ0n) is 12.8. The van der Waals surface area contributed by atoms with Gasteiger partial charge in [-0.25, -0.2) is 4.39 Å². The number of nitrogens with zero attached hydrogens (tertiary/aromatic N) is 3. The van der Waals surface area contributed by atoms with E-state index in [0.29, 0.717) is 11.3 Å². The molecule has 0 aliphatic rings. The molecule has 0 saturated heterocycles. The quantitative estimate of drug-likeness (QED) is 0.465. The van der Waals surface area contributed by atoms with Crippen LogP contribution >= 0.6 is 10.0 Å². The first-order chi connectivity index (χ1) is 9.37. The molecule has 0 spiro atoms. The normalized spacial score (nSPS) is 12.1. The van der Waals surface area contributed by atoms with Gasteiger partial charge in [-0.3, -0.25) is 5.01 Å². The maximum atomic E-state index is 13.9. The van der Waals surface area contributed by atoms with E-state index in [1.54, 1.807) is 17.1 Å². The lowest BCUT2D eigenvalue weighted by Gasteiger charge is -2.15. The van der Waals surface area contributed by atoms with E-state index in [1.807, 2.05) is 13.8 Å². The maximum Gasteiger partial charge on any atom is 0.141 e. The average Bonchev–Trinajstić information content (AvgIpc) is 2.37. The minimum atomic E-state index is -1.01. The summed E-state index contributed by atoms with van der Waals surface area (Å²) in [6.45, 7) is 5.53. The number of hydrogen-bond acceptors (Lipinski definition) is 2. The van der Waals surface area contributed by atoms with Gasteiger partial charge in [-0.15, -0.1) is 5.11 Å². The topological polar surface area (TPSA) is 28.0 Å². The van der Waals surface area contributed by atoms with Crippen LogP contribution in [0.5, 0.6) is 0 Å². The van der Waals surface area contributed by atoms with Crippen molar-refractivity contribution in [2.45, 2.75) is 13.8 Å². The summed E-state index contributed by atoms with van der Waals surface area (Å²) in [5, 5.41) is 13.2. The van der Waals surface area contributed by atoms with Crippen LogP contribution in [-0.4, -0.2) is 36.9 Å². The number of hydrogen-bond donors (Lipinski definition) is 0. The summed E-state index contributed by atoms with van der Waals surface area (Å²) in [6.07, 6.45) is 6.20. The number of benzene rings is 1. The molecule has 0 heterocycles. The second kappa shape index (κ2) is 7.30. The molecular weight excluding hydrogens is 273 g/mol. The van der Waals surface area contributed by atoms with Gasteiger partial charge in [0.15, 0.2) is 0 Å². The van der Waals surface area contributed by atoms with Crippen LogP contribution in [0.2, 0.25) is 0 Å². The lowest BCUT2D eigenvalue weighted by atomic mass is 10.2. The summed E-state index contributed by atoms with van der Waals surface area (Å²) in [6, 6.07) is 4.76. The van der Waals surface area contributed by atoms with Gasteiger partial charge in [0.1, 0.15) is 11.5 Å². The standard InChI is InChI=1S/C15H22FN3S/c1-6-19(7-2)18-17-15-10-8-9-14(16)13(15)11-12-20(3,4)5/h8-10H,6-7H2,1-5H3. The van der Waals surface area contributed by atoms with E-state index < -0.39 is 10.0 Å². The molecule has 5 heteroatoms. The molecule has 3 nitrogen and oxygen atoms in total. The largest absolute Gasteiger partial charge is 0.279 e. The van der Waals surface area contributed by atoms with Crippen LogP contribution in [0.25, 0.3) is 0 Å². The monoisotopic (exact) mass is 295 g/mol. The van der Waals surface area contributed by atoms with Gasteiger partial charge in [0.2, 0.25) is 0 Å². The summed E-state index contributed by atoms with van der Waals surface area (Å²) in [5.74, 6) is 2.57. The van der Waals surface area contributed by atoms with Gasteiger partial charge in [0, 0.05) is 13.1 Å². The van der Waals surface area contributed by atoms with Crippen LogP contribution < -0.4 is 0 Å². The van der Waals surface area contributed by atoms with Crippen molar-refractivity contribution < 1.29 is 4.39 Å². The van der Waals surface area contributed by atoms with E-state index >= 15 is 0 Å². The van der Waals surface area contributed by atoms with E-state index in [0.717, 1.165) is 13.1 Å². The van der Waals surface area contributed by atoms with Gasteiger partial charge in [-0.1, -0.05) is 17.2 Å². The Morgan fingerprint density at radius 3 is 2.40 bits per heavy atom. The smallest absolute Gasteiger partial charge is 0.141 e. The maximum absolute atomic E-state index is 13.9. The molecule has 20 heavy (non-hydrogen) atoms. The number of rotatable bonds is 4. The first kappa shape index (κ1) is 16.5. The molecule has 0 aliphatic carbocycles. The minimum absolute atomic E-state index is 0.325. The van der Waals surface area contributed by atoms with Crippen molar-refractivity contribution in [3.63, 3.8) is 0 Å². The van der Waals surface area contributed by atoms with Crippen LogP contribution in [0, 0.1) is 17.0 Å². The molecular formula is C15H22FN3S.